The lowest BCUT2D eigenvalue weighted by Gasteiger charge is -2.16. The number of carboxylic acids is 1. The van der Waals surface area contributed by atoms with Gasteiger partial charge in [-0.1, -0.05) is 6.92 Å². The minimum absolute atomic E-state index is 0.101. The molecule has 11 heteroatoms. The van der Waals surface area contributed by atoms with Crippen molar-refractivity contribution in [2.45, 2.75) is 39.4 Å². The fourth-order valence-electron chi connectivity index (χ4n) is 3.52. The SMILES string of the molecule is CCC(C(=O)O)n1c(=O)c2c(C)c(CN3CCNC3=O)sc2n(CCOC)c1=O. The quantitative estimate of drug-likeness (QED) is 0.644. The van der Waals surface area contributed by atoms with Gasteiger partial charge in [-0.3, -0.25) is 9.36 Å². The van der Waals surface area contributed by atoms with Gasteiger partial charge in [-0.05, 0) is 18.9 Å². The van der Waals surface area contributed by atoms with E-state index in [-0.39, 0.29) is 25.6 Å². The second-order valence-electron chi connectivity index (χ2n) is 6.85. The molecule has 3 rings (SSSR count). The number of ether oxygens (including phenoxy) is 1. The number of carbonyl (C=O) groups excluding carboxylic acids is 1. The zero-order valence-electron chi connectivity index (χ0n) is 16.6. The Hall–Kier alpha value is -2.66. The summed E-state index contributed by atoms with van der Waals surface area (Å²) in [5.74, 6) is -1.23. The Morgan fingerprint density at radius 1 is 1.34 bits per heavy atom. The first-order chi connectivity index (χ1) is 13.8. The predicted octanol–water partition coefficient (Wildman–Crippen LogP) is 0.740. The Kier molecular flexibility index (Phi) is 6.08. The fraction of sp³-hybridized carbons (Fsp3) is 0.556. The maximum Gasteiger partial charge on any atom is 0.332 e. The highest BCUT2D eigenvalue weighted by molar-refractivity contribution is 7.18. The topological polar surface area (TPSA) is 123 Å². The third-order valence-corrected chi connectivity index (χ3v) is 6.42. The van der Waals surface area contributed by atoms with E-state index < -0.39 is 23.3 Å². The number of thiophene rings is 1. The molecule has 29 heavy (non-hydrogen) atoms. The van der Waals surface area contributed by atoms with Gasteiger partial charge in [0.05, 0.1) is 25.1 Å². The summed E-state index contributed by atoms with van der Waals surface area (Å²) in [5, 5.41) is 12.6. The summed E-state index contributed by atoms with van der Waals surface area (Å²) in [6, 6.07) is -1.42. The van der Waals surface area contributed by atoms with E-state index in [4.69, 9.17) is 4.74 Å². The van der Waals surface area contributed by atoms with Gasteiger partial charge < -0.3 is 20.1 Å². The van der Waals surface area contributed by atoms with Crippen molar-refractivity contribution < 1.29 is 19.4 Å². The van der Waals surface area contributed by atoms with Gasteiger partial charge >= 0.3 is 17.7 Å². The number of nitrogens with one attached hydrogen (secondary N) is 1. The Morgan fingerprint density at radius 3 is 2.62 bits per heavy atom. The monoisotopic (exact) mass is 424 g/mol. The number of fused-ring (bicyclic) bond motifs is 1. The Bertz CT molecular complexity index is 1070. The van der Waals surface area contributed by atoms with E-state index in [0.29, 0.717) is 35.4 Å². The number of aromatic nitrogens is 2. The second-order valence-corrected chi connectivity index (χ2v) is 7.93. The van der Waals surface area contributed by atoms with Crippen molar-refractivity contribution in [1.82, 2.24) is 19.4 Å². The van der Waals surface area contributed by atoms with Crippen molar-refractivity contribution in [3.8, 4) is 0 Å². The highest BCUT2D eigenvalue weighted by Gasteiger charge is 2.28. The molecule has 2 N–H and O–H groups in total. The molecule has 2 aromatic heterocycles. The van der Waals surface area contributed by atoms with Gasteiger partial charge in [0.25, 0.3) is 5.56 Å². The number of hydrogen-bond donors (Lipinski definition) is 2. The molecule has 1 saturated heterocycles. The average molecular weight is 424 g/mol. The van der Waals surface area contributed by atoms with Crippen molar-refractivity contribution in [3.05, 3.63) is 31.3 Å². The lowest BCUT2D eigenvalue weighted by atomic mass is 10.2. The van der Waals surface area contributed by atoms with Crippen LogP contribution < -0.4 is 16.6 Å². The number of amides is 2. The molecule has 158 valence electrons. The summed E-state index contributed by atoms with van der Waals surface area (Å²) in [7, 11) is 1.50. The molecule has 1 aliphatic rings. The van der Waals surface area contributed by atoms with Crippen LogP contribution in [0.5, 0.6) is 0 Å². The van der Waals surface area contributed by atoms with Crippen molar-refractivity contribution in [2.75, 3.05) is 26.8 Å². The molecule has 10 nitrogen and oxygen atoms in total. The van der Waals surface area contributed by atoms with Crippen LogP contribution in [0.1, 0.15) is 29.8 Å². The van der Waals surface area contributed by atoms with E-state index in [1.807, 2.05) is 0 Å². The number of methoxy groups -OCH3 is 1. The maximum atomic E-state index is 13.2. The zero-order valence-corrected chi connectivity index (χ0v) is 17.4. The molecule has 2 aromatic rings. The molecule has 1 aliphatic heterocycles. The van der Waals surface area contributed by atoms with Crippen LogP contribution in [0.15, 0.2) is 9.59 Å². The average Bonchev–Trinajstić information content (AvgIpc) is 3.22. The molecular formula is C18H24N4O6S. The second kappa shape index (κ2) is 8.37. The van der Waals surface area contributed by atoms with Gasteiger partial charge in [0.2, 0.25) is 0 Å². The summed E-state index contributed by atoms with van der Waals surface area (Å²) < 4.78 is 7.32. The van der Waals surface area contributed by atoms with Crippen LogP contribution in [0.25, 0.3) is 10.2 Å². The number of urea groups is 1. The molecule has 0 aromatic carbocycles. The normalized spacial score (nSPS) is 15.1. The van der Waals surface area contributed by atoms with Crippen molar-refractivity contribution in [1.29, 1.82) is 0 Å². The number of carbonyl (C=O) groups is 2. The van der Waals surface area contributed by atoms with Crippen LogP contribution in [0.3, 0.4) is 0 Å². The van der Waals surface area contributed by atoms with Gasteiger partial charge in [0.1, 0.15) is 10.9 Å². The van der Waals surface area contributed by atoms with Crippen molar-refractivity contribution in [2.24, 2.45) is 0 Å². The van der Waals surface area contributed by atoms with E-state index >= 15 is 0 Å². The van der Waals surface area contributed by atoms with Crippen molar-refractivity contribution >= 4 is 33.6 Å². The summed E-state index contributed by atoms with van der Waals surface area (Å²) in [6.45, 7) is 5.25. The summed E-state index contributed by atoms with van der Waals surface area (Å²) in [4.78, 5) is 52.7. The number of carboxylic acid groups (broad SMARTS) is 1. The fourth-order valence-corrected chi connectivity index (χ4v) is 4.85. The minimum Gasteiger partial charge on any atom is -0.480 e. The highest BCUT2D eigenvalue weighted by Crippen LogP contribution is 2.29. The number of rotatable bonds is 8. The molecule has 0 spiro atoms. The van der Waals surface area contributed by atoms with E-state index in [0.717, 1.165) is 9.44 Å². The maximum absolute atomic E-state index is 13.2. The highest BCUT2D eigenvalue weighted by atomic mass is 32.1. The lowest BCUT2D eigenvalue weighted by molar-refractivity contribution is -0.141. The zero-order chi connectivity index (χ0) is 21.3. The van der Waals surface area contributed by atoms with Gasteiger partial charge in [0, 0.05) is 25.1 Å². The van der Waals surface area contributed by atoms with Gasteiger partial charge in [0.15, 0.2) is 0 Å². The number of aliphatic carboxylic acids is 1. The van der Waals surface area contributed by atoms with E-state index in [1.165, 1.54) is 23.0 Å². The van der Waals surface area contributed by atoms with Crippen LogP contribution in [-0.2, 0) is 22.6 Å². The Balaban J connectivity index is 2.25. The molecule has 0 aliphatic carbocycles. The molecule has 1 unspecified atom stereocenters. The van der Waals surface area contributed by atoms with Crippen LogP contribution in [0, 0.1) is 6.92 Å². The molecule has 1 fully saturated rings. The van der Waals surface area contributed by atoms with E-state index in [2.05, 4.69) is 5.32 Å². The Labute approximate surface area is 170 Å². The van der Waals surface area contributed by atoms with Gasteiger partial charge in [-0.25, -0.2) is 19.0 Å². The molecule has 0 saturated carbocycles. The van der Waals surface area contributed by atoms with Crippen LogP contribution in [0.4, 0.5) is 4.79 Å². The van der Waals surface area contributed by atoms with E-state index in [1.54, 1.807) is 18.7 Å². The molecule has 0 bridgehead atoms. The molecule has 2 amide bonds. The van der Waals surface area contributed by atoms with E-state index in [9.17, 15) is 24.3 Å². The predicted molar refractivity (Wildman–Crippen MR) is 108 cm³/mol. The number of nitrogens with zero attached hydrogens (tertiary/aromatic N) is 3. The summed E-state index contributed by atoms with van der Waals surface area (Å²) >= 11 is 1.28. The van der Waals surface area contributed by atoms with Gasteiger partial charge in [-0.2, -0.15) is 0 Å². The number of hydrogen-bond acceptors (Lipinski definition) is 6. The third kappa shape index (κ3) is 3.67. The largest absolute Gasteiger partial charge is 0.480 e. The molecule has 1 atom stereocenters. The molecule has 3 heterocycles. The van der Waals surface area contributed by atoms with Crippen LogP contribution in [0.2, 0.25) is 0 Å². The first-order valence-electron chi connectivity index (χ1n) is 9.33. The minimum atomic E-state index is -1.25. The molecular weight excluding hydrogens is 400 g/mol. The summed E-state index contributed by atoms with van der Waals surface area (Å²) in [6.07, 6.45) is 0.101. The Morgan fingerprint density at radius 2 is 2.07 bits per heavy atom. The standard InChI is InChI=1S/C18H24N4O6S/c1-4-11(16(24)25)22-14(23)13-10(2)12(9-20-6-5-19-17(20)26)29-15(13)21(18(22)27)7-8-28-3/h11H,4-9H2,1-3H3,(H,19,26)(H,24,25). The van der Waals surface area contributed by atoms with Gasteiger partial charge in [-0.15, -0.1) is 11.3 Å². The first-order valence-corrected chi connectivity index (χ1v) is 10.1. The molecule has 0 radical (unpaired) electrons. The summed E-state index contributed by atoms with van der Waals surface area (Å²) in [5.41, 5.74) is -0.617. The third-order valence-electron chi connectivity index (χ3n) is 5.12. The first kappa shape index (κ1) is 21.1. The van der Waals surface area contributed by atoms with Crippen molar-refractivity contribution in [3.63, 3.8) is 0 Å². The van der Waals surface area contributed by atoms with Crippen LogP contribution in [-0.4, -0.2) is 57.9 Å². The number of aryl methyl sites for hydroxylation is 1. The smallest absolute Gasteiger partial charge is 0.332 e. The van der Waals surface area contributed by atoms with Crippen LogP contribution >= 0.6 is 11.3 Å². The lowest BCUT2D eigenvalue weighted by Crippen LogP contribution is -2.44.